The van der Waals surface area contributed by atoms with Crippen molar-refractivity contribution in [2.75, 3.05) is 37.8 Å². The van der Waals surface area contributed by atoms with E-state index in [1.807, 2.05) is 29.2 Å². The molecule has 0 aromatic heterocycles. The average Bonchev–Trinajstić information content (AvgIpc) is 2.92. The molecule has 0 spiro atoms. The van der Waals surface area contributed by atoms with Crippen LogP contribution in [-0.4, -0.2) is 55.8 Å². The van der Waals surface area contributed by atoms with Crippen molar-refractivity contribution in [2.24, 2.45) is 11.8 Å². The lowest BCUT2D eigenvalue weighted by Gasteiger charge is -2.41. The van der Waals surface area contributed by atoms with Gasteiger partial charge >= 0.3 is 0 Å². The number of anilines is 1. The summed E-state index contributed by atoms with van der Waals surface area (Å²) in [6.45, 7) is 8.10. The molecule has 0 aliphatic carbocycles. The number of fused-ring (bicyclic) bond motifs is 3. The van der Waals surface area contributed by atoms with Crippen molar-refractivity contribution in [3.8, 4) is 5.75 Å². The first kappa shape index (κ1) is 19.7. The molecule has 3 heterocycles. The van der Waals surface area contributed by atoms with Crippen LogP contribution in [0.3, 0.4) is 0 Å². The molecule has 3 unspecified atom stereocenters. The highest BCUT2D eigenvalue weighted by atomic mass is 16.5. The van der Waals surface area contributed by atoms with Crippen LogP contribution >= 0.6 is 0 Å². The summed E-state index contributed by atoms with van der Waals surface area (Å²) in [5.41, 5.74) is 0.920. The van der Waals surface area contributed by atoms with E-state index in [0.717, 1.165) is 55.7 Å². The third-order valence-corrected chi connectivity index (χ3v) is 6.68. The normalized spacial score (nSPS) is 28.1. The summed E-state index contributed by atoms with van der Waals surface area (Å²) in [6, 6.07) is 9.33. The highest BCUT2D eigenvalue weighted by molar-refractivity contribution is 5.97. The van der Waals surface area contributed by atoms with E-state index in [4.69, 9.17) is 9.47 Å². The number of carbonyl (C=O) groups is 1. The number of amides is 1. The Balaban J connectivity index is 1.34. The zero-order valence-electron chi connectivity index (χ0n) is 17.3. The molecule has 0 saturated carbocycles. The standard InChI is InChI=1S/C23H34N2O3/c1-3-27-11-10-18-12-19-8-9-20(13-18)24(19)14-17(2)15-25-21-6-4-5-7-22(21)28-16-23(25)26/h4-7,17-20H,3,8-16H2,1-2H3/t17?,18?,19-,20?/m1/s1. The SMILES string of the molecule is CCOCCC1CC2CC[C@H](C1)N2CC(C)CN1C(=O)COc2ccccc21. The number of hydrogen-bond donors (Lipinski definition) is 0. The first-order valence-electron chi connectivity index (χ1n) is 11.0. The van der Waals surface area contributed by atoms with Gasteiger partial charge in [0.15, 0.2) is 6.61 Å². The molecular formula is C23H34N2O3. The molecular weight excluding hydrogens is 352 g/mol. The van der Waals surface area contributed by atoms with Crippen LogP contribution in [0.2, 0.25) is 0 Å². The maximum absolute atomic E-state index is 12.5. The Labute approximate surface area is 169 Å². The van der Waals surface area contributed by atoms with Crippen LogP contribution in [0, 0.1) is 11.8 Å². The molecule has 28 heavy (non-hydrogen) atoms. The first-order chi connectivity index (χ1) is 13.7. The molecule has 5 nitrogen and oxygen atoms in total. The van der Waals surface area contributed by atoms with Crippen LogP contribution in [0.5, 0.6) is 5.75 Å². The topological polar surface area (TPSA) is 42.0 Å². The number of ether oxygens (including phenoxy) is 2. The Morgan fingerprint density at radius 2 is 1.93 bits per heavy atom. The van der Waals surface area contributed by atoms with Crippen molar-refractivity contribution < 1.29 is 14.3 Å². The molecule has 4 rings (SSSR count). The van der Waals surface area contributed by atoms with E-state index >= 15 is 0 Å². The number of hydrogen-bond acceptors (Lipinski definition) is 4. The van der Waals surface area contributed by atoms with Crippen LogP contribution < -0.4 is 9.64 Å². The third-order valence-electron chi connectivity index (χ3n) is 6.68. The largest absolute Gasteiger partial charge is 0.482 e. The maximum Gasteiger partial charge on any atom is 0.265 e. The van der Waals surface area contributed by atoms with Crippen molar-refractivity contribution >= 4 is 11.6 Å². The molecule has 2 bridgehead atoms. The second kappa shape index (κ2) is 8.83. The summed E-state index contributed by atoms with van der Waals surface area (Å²) in [5, 5.41) is 0. The Morgan fingerprint density at radius 1 is 1.18 bits per heavy atom. The number of piperidine rings is 1. The summed E-state index contributed by atoms with van der Waals surface area (Å²) in [5.74, 6) is 2.16. The number of benzene rings is 1. The molecule has 1 aromatic carbocycles. The summed E-state index contributed by atoms with van der Waals surface area (Å²) < 4.78 is 11.2. The van der Waals surface area contributed by atoms with Gasteiger partial charge in [-0.3, -0.25) is 9.69 Å². The fourth-order valence-corrected chi connectivity index (χ4v) is 5.40. The molecule has 3 aliphatic heterocycles. The van der Waals surface area contributed by atoms with Gasteiger partial charge in [0.25, 0.3) is 5.91 Å². The van der Waals surface area contributed by atoms with Crippen molar-refractivity contribution in [3.63, 3.8) is 0 Å². The minimum atomic E-state index is 0.0724. The molecule has 2 saturated heterocycles. The zero-order valence-corrected chi connectivity index (χ0v) is 17.3. The Morgan fingerprint density at radius 3 is 2.68 bits per heavy atom. The lowest BCUT2D eigenvalue weighted by Crippen LogP contribution is -2.48. The van der Waals surface area contributed by atoms with Crippen LogP contribution in [0.4, 0.5) is 5.69 Å². The van der Waals surface area contributed by atoms with Gasteiger partial charge in [-0.2, -0.15) is 0 Å². The summed E-state index contributed by atoms with van der Waals surface area (Å²) >= 11 is 0. The predicted octanol–water partition coefficient (Wildman–Crippen LogP) is 3.72. The highest BCUT2D eigenvalue weighted by Crippen LogP contribution is 2.40. The summed E-state index contributed by atoms with van der Waals surface area (Å²) in [6.07, 6.45) is 6.51. The quantitative estimate of drug-likeness (QED) is 0.639. The lowest BCUT2D eigenvalue weighted by molar-refractivity contribution is -0.121. The molecule has 1 aromatic rings. The van der Waals surface area contributed by atoms with E-state index in [9.17, 15) is 4.79 Å². The molecule has 0 N–H and O–H groups in total. The van der Waals surface area contributed by atoms with Gasteiger partial charge in [0.05, 0.1) is 5.69 Å². The maximum atomic E-state index is 12.5. The van der Waals surface area contributed by atoms with Crippen molar-refractivity contribution in [1.82, 2.24) is 4.90 Å². The van der Waals surface area contributed by atoms with Crippen LogP contribution in [0.1, 0.15) is 46.0 Å². The molecule has 4 atom stereocenters. The number of carbonyl (C=O) groups excluding carboxylic acids is 1. The van der Waals surface area contributed by atoms with Gasteiger partial charge in [0.1, 0.15) is 5.75 Å². The number of nitrogens with zero attached hydrogens (tertiary/aromatic N) is 2. The smallest absolute Gasteiger partial charge is 0.265 e. The van der Waals surface area contributed by atoms with Gasteiger partial charge < -0.3 is 14.4 Å². The minimum absolute atomic E-state index is 0.0724. The zero-order chi connectivity index (χ0) is 19.5. The van der Waals surface area contributed by atoms with Crippen molar-refractivity contribution in [2.45, 2.75) is 58.0 Å². The highest BCUT2D eigenvalue weighted by Gasteiger charge is 2.41. The van der Waals surface area contributed by atoms with Gasteiger partial charge in [-0.05, 0) is 63.0 Å². The fourth-order valence-electron chi connectivity index (χ4n) is 5.40. The Kier molecular flexibility index (Phi) is 6.22. The van der Waals surface area contributed by atoms with Gasteiger partial charge in [0, 0.05) is 38.4 Å². The molecule has 2 fully saturated rings. The monoisotopic (exact) mass is 386 g/mol. The van der Waals surface area contributed by atoms with Gasteiger partial charge in [0.2, 0.25) is 0 Å². The molecule has 0 radical (unpaired) electrons. The number of rotatable bonds is 8. The van der Waals surface area contributed by atoms with Crippen molar-refractivity contribution in [1.29, 1.82) is 0 Å². The molecule has 154 valence electrons. The van der Waals surface area contributed by atoms with E-state index in [1.165, 1.54) is 32.1 Å². The number of para-hydroxylation sites is 2. The first-order valence-corrected chi connectivity index (χ1v) is 11.0. The predicted molar refractivity (Wildman–Crippen MR) is 111 cm³/mol. The summed E-state index contributed by atoms with van der Waals surface area (Å²) in [4.78, 5) is 17.1. The van der Waals surface area contributed by atoms with Crippen LogP contribution in [0.15, 0.2) is 24.3 Å². The van der Waals surface area contributed by atoms with Gasteiger partial charge in [-0.15, -0.1) is 0 Å². The minimum Gasteiger partial charge on any atom is -0.482 e. The molecule has 1 amide bonds. The van der Waals surface area contributed by atoms with E-state index in [1.54, 1.807) is 0 Å². The van der Waals surface area contributed by atoms with Gasteiger partial charge in [-0.1, -0.05) is 19.1 Å². The fraction of sp³-hybridized carbons (Fsp3) is 0.696. The second-order valence-electron chi connectivity index (χ2n) is 8.77. The summed E-state index contributed by atoms with van der Waals surface area (Å²) in [7, 11) is 0. The van der Waals surface area contributed by atoms with E-state index < -0.39 is 0 Å². The Bertz CT molecular complexity index is 666. The third kappa shape index (κ3) is 4.20. The lowest BCUT2D eigenvalue weighted by atomic mass is 9.88. The van der Waals surface area contributed by atoms with E-state index in [2.05, 4.69) is 18.7 Å². The molecule has 3 aliphatic rings. The van der Waals surface area contributed by atoms with E-state index in [-0.39, 0.29) is 12.5 Å². The van der Waals surface area contributed by atoms with Gasteiger partial charge in [-0.25, -0.2) is 0 Å². The van der Waals surface area contributed by atoms with Crippen LogP contribution in [-0.2, 0) is 9.53 Å². The van der Waals surface area contributed by atoms with E-state index in [0.29, 0.717) is 5.92 Å². The Hall–Kier alpha value is -1.59. The van der Waals surface area contributed by atoms with Crippen LogP contribution in [0.25, 0.3) is 0 Å². The van der Waals surface area contributed by atoms with Crippen molar-refractivity contribution in [3.05, 3.63) is 24.3 Å². The average molecular weight is 387 g/mol. The molecule has 5 heteroatoms. The second-order valence-corrected chi connectivity index (χ2v) is 8.77.